The fraction of sp³-hybridized carbons (Fsp3) is 0.538. The number of hydrogen-bond donors (Lipinski definition) is 3. The summed E-state index contributed by atoms with van der Waals surface area (Å²) >= 11 is 1.58. The monoisotopic (exact) mass is 309 g/mol. The molecule has 3 N–H and O–H groups in total. The molecule has 2 rings (SSSR count). The highest BCUT2D eigenvalue weighted by molar-refractivity contribution is 7.99. The lowest BCUT2D eigenvalue weighted by Gasteiger charge is -2.25. The number of fused-ring (bicyclic) bond motifs is 1. The number of H-pyrrole nitrogens is 1. The van der Waals surface area contributed by atoms with Crippen LogP contribution in [0.4, 0.5) is 0 Å². The molecule has 2 aromatic heterocycles. The number of nitrogens with one attached hydrogen (secondary N) is 2. The van der Waals surface area contributed by atoms with Gasteiger partial charge in [0.1, 0.15) is 22.4 Å². The highest BCUT2D eigenvalue weighted by Crippen LogP contribution is 2.24. The summed E-state index contributed by atoms with van der Waals surface area (Å²) in [5, 5.41) is 13.2. The van der Waals surface area contributed by atoms with Crippen molar-refractivity contribution < 1.29 is 9.90 Å². The van der Waals surface area contributed by atoms with Gasteiger partial charge in [-0.05, 0) is 32.1 Å². The van der Waals surface area contributed by atoms with Crippen LogP contribution in [0.15, 0.2) is 17.7 Å². The Morgan fingerprint density at radius 1 is 1.48 bits per heavy atom. The number of rotatable bonds is 8. The SMILES string of the molecule is CCNC(C)(CCCSc1ncnc2nc[nH]c12)C(=O)O. The number of likely N-dealkylation sites (N-methyl/N-ethyl adjacent to an activating group) is 1. The number of carboxylic acids is 1. The highest BCUT2D eigenvalue weighted by atomic mass is 32.2. The molecular weight excluding hydrogens is 290 g/mol. The number of hydrogen-bond acceptors (Lipinski definition) is 6. The van der Waals surface area contributed by atoms with Crippen molar-refractivity contribution in [2.75, 3.05) is 12.3 Å². The minimum atomic E-state index is -0.871. The van der Waals surface area contributed by atoms with Crippen LogP contribution in [0.25, 0.3) is 11.2 Å². The summed E-state index contributed by atoms with van der Waals surface area (Å²) in [6.45, 7) is 4.27. The van der Waals surface area contributed by atoms with E-state index in [9.17, 15) is 9.90 Å². The van der Waals surface area contributed by atoms with Gasteiger partial charge in [-0.25, -0.2) is 15.0 Å². The third kappa shape index (κ3) is 3.70. The molecule has 0 amide bonds. The number of aliphatic carboxylic acids is 1. The Labute approximate surface area is 127 Å². The molecule has 0 aliphatic carbocycles. The molecule has 0 aliphatic rings. The van der Waals surface area contributed by atoms with Crippen LogP contribution in [-0.4, -0.2) is 48.8 Å². The van der Waals surface area contributed by atoms with E-state index in [-0.39, 0.29) is 0 Å². The van der Waals surface area contributed by atoms with Crippen LogP contribution in [0.1, 0.15) is 26.7 Å². The molecule has 2 heterocycles. The molecule has 0 fully saturated rings. The number of carbonyl (C=O) groups is 1. The Hall–Kier alpha value is -1.67. The predicted molar refractivity (Wildman–Crippen MR) is 81.4 cm³/mol. The molecule has 0 saturated heterocycles. The lowest BCUT2D eigenvalue weighted by molar-refractivity contribution is -0.144. The topological polar surface area (TPSA) is 104 Å². The molecule has 7 nitrogen and oxygen atoms in total. The van der Waals surface area contributed by atoms with E-state index in [0.717, 1.165) is 22.7 Å². The van der Waals surface area contributed by atoms with Gasteiger partial charge in [0, 0.05) is 0 Å². The minimum absolute atomic E-state index is 0.570. The van der Waals surface area contributed by atoms with E-state index in [1.165, 1.54) is 6.33 Å². The molecule has 8 heteroatoms. The van der Waals surface area contributed by atoms with Crippen LogP contribution in [0.2, 0.25) is 0 Å². The molecule has 2 aromatic rings. The fourth-order valence-electron chi connectivity index (χ4n) is 2.11. The van der Waals surface area contributed by atoms with Crippen LogP contribution in [0.5, 0.6) is 0 Å². The van der Waals surface area contributed by atoms with E-state index < -0.39 is 11.5 Å². The van der Waals surface area contributed by atoms with Crippen molar-refractivity contribution in [3.05, 3.63) is 12.7 Å². The van der Waals surface area contributed by atoms with Gasteiger partial charge in [0.15, 0.2) is 5.65 Å². The van der Waals surface area contributed by atoms with Gasteiger partial charge >= 0.3 is 5.97 Å². The van der Waals surface area contributed by atoms with Crippen LogP contribution in [-0.2, 0) is 4.79 Å². The van der Waals surface area contributed by atoms with Gasteiger partial charge in [0.25, 0.3) is 0 Å². The summed E-state index contributed by atoms with van der Waals surface area (Å²) < 4.78 is 0. The molecule has 0 aliphatic heterocycles. The van der Waals surface area contributed by atoms with Crippen molar-refractivity contribution in [1.82, 2.24) is 25.3 Å². The summed E-state index contributed by atoms with van der Waals surface area (Å²) in [7, 11) is 0. The lowest BCUT2D eigenvalue weighted by atomic mass is 9.96. The summed E-state index contributed by atoms with van der Waals surface area (Å²) in [6.07, 6.45) is 4.43. The van der Waals surface area contributed by atoms with Crippen molar-refractivity contribution in [2.45, 2.75) is 37.3 Å². The van der Waals surface area contributed by atoms with E-state index in [4.69, 9.17) is 0 Å². The summed E-state index contributed by atoms with van der Waals surface area (Å²) in [5.41, 5.74) is 0.607. The smallest absolute Gasteiger partial charge is 0.323 e. The zero-order valence-electron chi connectivity index (χ0n) is 12.1. The Morgan fingerprint density at radius 2 is 2.29 bits per heavy atom. The van der Waals surface area contributed by atoms with Gasteiger partial charge < -0.3 is 15.4 Å². The quantitative estimate of drug-likeness (QED) is 0.387. The second-order valence-electron chi connectivity index (χ2n) is 4.90. The molecule has 1 unspecified atom stereocenters. The second kappa shape index (κ2) is 6.86. The van der Waals surface area contributed by atoms with E-state index in [1.54, 1.807) is 25.0 Å². The zero-order chi connectivity index (χ0) is 15.3. The van der Waals surface area contributed by atoms with E-state index in [0.29, 0.717) is 18.6 Å². The Balaban J connectivity index is 1.90. The average molecular weight is 309 g/mol. The van der Waals surface area contributed by atoms with Gasteiger partial charge in [-0.3, -0.25) is 4.79 Å². The van der Waals surface area contributed by atoms with Crippen LogP contribution >= 0.6 is 11.8 Å². The minimum Gasteiger partial charge on any atom is -0.480 e. The van der Waals surface area contributed by atoms with Crippen molar-refractivity contribution in [3.8, 4) is 0 Å². The van der Waals surface area contributed by atoms with Crippen molar-refractivity contribution in [3.63, 3.8) is 0 Å². The van der Waals surface area contributed by atoms with Gasteiger partial charge in [-0.2, -0.15) is 0 Å². The molecule has 1 atom stereocenters. The maximum atomic E-state index is 11.3. The zero-order valence-corrected chi connectivity index (χ0v) is 12.9. The van der Waals surface area contributed by atoms with Crippen molar-refractivity contribution in [1.29, 1.82) is 0 Å². The molecule has 21 heavy (non-hydrogen) atoms. The maximum absolute atomic E-state index is 11.3. The molecule has 0 radical (unpaired) electrons. The largest absolute Gasteiger partial charge is 0.480 e. The third-order valence-electron chi connectivity index (χ3n) is 3.29. The first-order valence-electron chi connectivity index (χ1n) is 6.82. The van der Waals surface area contributed by atoms with Crippen molar-refractivity contribution >= 4 is 28.9 Å². The molecule has 0 saturated carbocycles. The standard InChI is InChI=1S/C13H19N5O2S/c1-3-18-13(2,12(19)20)5-4-6-21-11-9-10(15-7-14-9)16-8-17-11/h7-8,18H,3-6H2,1-2H3,(H,19,20)(H,14,15,16,17). The number of nitrogens with zero attached hydrogens (tertiary/aromatic N) is 3. The maximum Gasteiger partial charge on any atom is 0.323 e. The molecule has 0 spiro atoms. The number of carboxylic acid groups (broad SMARTS) is 1. The van der Waals surface area contributed by atoms with Gasteiger partial charge in [0.2, 0.25) is 0 Å². The summed E-state index contributed by atoms with van der Waals surface area (Å²) in [4.78, 5) is 26.7. The number of aromatic amines is 1. The predicted octanol–water partition coefficient (Wildman–Crippen LogP) is 1.68. The molecule has 0 aromatic carbocycles. The van der Waals surface area contributed by atoms with Crippen LogP contribution in [0, 0.1) is 0 Å². The molecule has 114 valence electrons. The number of aromatic nitrogens is 4. The summed E-state index contributed by atoms with van der Waals surface area (Å²) in [5.74, 6) is -0.0216. The Bertz CT molecular complexity index is 617. The average Bonchev–Trinajstić information content (AvgIpc) is 2.93. The van der Waals surface area contributed by atoms with E-state index in [2.05, 4.69) is 25.3 Å². The van der Waals surface area contributed by atoms with E-state index in [1.807, 2.05) is 6.92 Å². The van der Waals surface area contributed by atoms with Gasteiger partial charge in [-0.1, -0.05) is 6.92 Å². The van der Waals surface area contributed by atoms with Gasteiger partial charge in [0.05, 0.1) is 6.33 Å². The molecular formula is C13H19N5O2S. The normalized spacial score (nSPS) is 14.2. The first kappa shape index (κ1) is 15.7. The molecule has 0 bridgehead atoms. The van der Waals surface area contributed by atoms with E-state index >= 15 is 0 Å². The van der Waals surface area contributed by atoms with Crippen LogP contribution in [0.3, 0.4) is 0 Å². The third-order valence-corrected chi connectivity index (χ3v) is 4.36. The summed E-state index contributed by atoms with van der Waals surface area (Å²) in [6, 6.07) is 0. The number of thioether (sulfide) groups is 1. The Kier molecular flexibility index (Phi) is 5.13. The first-order valence-corrected chi connectivity index (χ1v) is 7.80. The van der Waals surface area contributed by atoms with Crippen molar-refractivity contribution in [2.24, 2.45) is 0 Å². The number of imidazole rings is 1. The van der Waals surface area contributed by atoms with Crippen LogP contribution < -0.4 is 5.32 Å². The fourth-order valence-corrected chi connectivity index (χ4v) is 3.01. The Morgan fingerprint density at radius 3 is 3.00 bits per heavy atom. The van der Waals surface area contributed by atoms with Gasteiger partial charge in [-0.15, -0.1) is 11.8 Å². The second-order valence-corrected chi connectivity index (χ2v) is 5.98. The highest BCUT2D eigenvalue weighted by Gasteiger charge is 2.31. The lowest BCUT2D eigenvalue weighted by Crippen LogP contribution is -2.49. The first-order chi connectivity index (χ1) is 10.1.